The monoisotopic (exact) mass is 459 g/mol. The van der Waals surface area contributed by atoms with E-state index in [9.17, 15) is 22.8 Å². The summed E-state index contributed by atoms with van der Waals surface area (Å²) < 4.78 is 35.6. The number of phenolic OH excluding ortho intramolecular Hbond substituents is 1. The van der Waals surface area contributed by atoms with Gasteiger partial charge in [0.2, 0.25) is 5.91 Å². The van der Waals surface area contributed by atoms with Crippen molar-refractivity contribution in [1.29, 1.82) is 0 Å². The van der Waals surface area contributed by atoms with Crippen molar-refractivity contribution in [3.05, 3.63) is 64.7 Å². The van der Waals surface area contributed by atoms with Crippen LogP contribution in [0.5, 0.6) is 5.75 Å². The molecule has 0 radical (unpaired) electrons. The number of carbonyl (C=O) groups excluding carboxylic acids is 1. The number of phenols is 1. The fraction of sp³-hybridized carbons (Fsp3) is 0.364. The van der Waals surface area contributed by atoms with E-state index in [0.29, 0.717) is 23.4 Å². The van der Waals surface area contributed by atoms with Gasteiger partial charge in [-0.1, -0.05) is 36.7 Å². The maximum Gasteiger partial charge on any atom is 0.416 e. The van der Waals surface area contributed by atoms with Crippen LogP contribution in [0.25, 0.3) is 0 Å². The highest BCUT2D eigenvalue weighted by Crippen LogP contribution is 2.30. The minimum Gasteiger partial charge on any atom is -0.508 e. The van der Waals surface area contributed by atoms with E-state index < -0.39 is 17.7 Å². The molecule has 1 heterocycles. The maximum absolute atomic E-state index is 11.9. The Hall–Kier alpha value is -2.74. The number of nitrogens with zero attached hydrogens (tertiary/aromatic N) is 1. The number of aliphatic carboxylic acids is 1. The summed E-state index contributed by atoms with van der Waals surface area (Å²) in [5.41, 5.74) is -0.0700. The highest BCUT2D eigenvalue weighted by Gasteiger charge is 2.30. The van der Waals surface area contributed by atoms with Crippen LogP contribution >= 0.6 is 11.6 Å². The Kier molecular flexibility index (Phi) is 10.9. The van der Waals surface area contributed by atoms with E-state index in [-0.39, 0.29) is 12.2 Å². The minimum atomic E-state index is -4.38. The first-order chi connectivity index (χ1) is 14.5. The van der Waals surface area contributed by atoms with Gasteiger partial charge < -0.3 is 15.1 Å². The second kappa shape index (κ2) is 12.8. The number of carbonyl (C=O) groups is 2. The molecule has 0 spiro atoms. The molecule has 0 bridgehead atoms. The standard InChI is InChI=1S/C8H7ClO2.C7H5F3O.C7H13NO/c9-7-3-1-6(2-4-7)5-8(10)11;8-7(9,10)5-2-1-3-6(11)4-5;1-2-7(9)8-5-3-4-6-8/h1-4H,5H2,(H,10,11);1-4,11H;2-6H2,1H3. The Morgan fingerprint density at radius 3 is 2.06 bits per heavy atom. The summed E-state index contributed by atoms with van der Waals surface area (Å²) in [6.07, 6.45) is -1.26. The average molecular weight is 460 g/mol. The number of carboxylic acid groups (broad SMARTS) is 1. The zero-order chi connectivity index (χ0) is 23.4. The van der Waals surface area contributed by atoms with Gasteiger partial charge in [-0.2, -0.15) is 13.2 Å². The molecule has 2 N–H and O–H groups in total. The van der Waals surface area contributed by atoms with Gasteiger partial charge in [0.15, 0.2) is 0 Å². The van der Waals surface area contributed by atoms with Crippen molar-refractivity contribution in [2.45, 2.75) is 38.8 Å². The molecule has 1 aliphatic rings. The first kappa shape index (κ1) is 26.3. The molecule has 2 aromatic rings. The third-order valence-corrected chi connectivity index (χ3v) is 4.46. The van der Waals surface area contributed by atoms with Crippen LogP contribution in [0.3, 0.4) is 0 Å². The van der Waals surface area contributed by atoms with Gasteiger partial charge in [0.25, 0.3) is 0 Å². The average Bonchev–Trinajstić information content (AvgIpc) is 3.24. The van der Waals surface area contributed by atoms with Crippen molar-refractivity contribution < 1.29 is 33.0 Å². The highest BCUT2D eigenvalue weighted by molar-refractivity contribution is 6.30. The molecular weight excluding hydrogens is 435 g/mol. The van der Waals surface area contributed by atoms with Crippen molar-refractivity contribution in [2.24, 2.45) is 0 Å². The van der Waals surface area contributed by atoms with Gasteiger partial charge in [-0.3, -0.25) is 9.59 Å². The number of aromatic hydroxyl groups is 1. The van der Waals surface area contributed by atoms with Gasteiger partial charge in [0.1, 0.15) is 5.75 Å². The van der Waals surface area contributed by atoms with Crippen molar-refractivity contribution in [3.8, 4) is 5.75 Å². The molecule has 1 saturated heterocycles. The Morgan fingerprint density at radius 1 is 1.06 bits per heavy atom. The second-order valence-electron chi connectivity index (χ2n) is 6.69. The maximum atomic E-state index is 11.9. The summed E-state index contributed by atoms with van der Waals surface area (Å²) in [5.74, 6) is -0.889. The van der Waals surface area contributed by atoms with E-state index in [1.54, 1.807) is 24.3 Å². The molecule has 1 amide bonds. The molecule has 170 valence electrons. The van der Waals surface area contributed by atoms with Crippen LogP contribution in [0.1, 0.15) is 37.3 Å². The van der Waals surface area contributed by atoms with Gasteiger partial charge in [0, 0.05) is 24.5 Å². The lowest BCUT2D eigenvalue weighted by molar-refractivity contribution is -0.138. The summed E-state index contributed by atoms with van der Waals surface area (Å²) in [6, 6.07) is 10.7. The molecule has 3 rings (SSSR count). The number of carboxylic acids is 1. The van der Waals surface area contributed by atoms with Gasteiger partial charge >= 0.3 is 12.1 Å². The number of alkyl halides is 3. The number of rotatable bonds is 3. The Balaban J connectivity index is 0.000000234. The number of halogens is 4. The highest BCUT2D eigenvalue weighted by atomic mass is 35.5. The SMILES string of the molecule is CCC(=O)N1CCCC1.O=C(O)Cc1ccc(Cl)cc1.Oc1cccc(C(F)(F)F)c1. The molecule has 0 atom stereocenters. The number of hydrogen-bond acceptors (Lipinski definition) is 3. The molecule has 2 aromatic carbocycles. The summed E-state index contributed by atoms with van der Waals surface area (Å²) in [4.78, 5) is 23.1. The molecule has 1 fully saturated rings. The Labute approximate surface area is 184 Å². The van der Waals surface area contributed by atoms with Crippen LogP contribution in [0, 0.1) is 0 Å². The summed E-state index contributed by atoms with van der Waals surface area (Å²) >= 11 is 5.60. The largest absolute Gasteiger partial charge is 0.508 e. The van der Waals surface area contributed by atoms with E-state index in [1.165, 1.54) is 18.9 Å². The van der Waals surface area contributed by atoms with Gasteiger partial charge in [-0.05, 0) is 48.7 Å². The zero-order valence-corrected chi connectivity index (χ0v) is 17.8. The number of hydrogen-bond donors (Lipinski definition) is 2. The summed E-state index contributed by atoms with van der Waals surface area (Å²) in [6.45, 7) is 3.90. The fourth-order valence-corrected chi connectivity index (χ4v) is 2.78. The predicted octanol–water partition coefficient (Wildman–Crippen LogP) is 5.40. The molecule has 5 nitrogen and oxygen atoms in total. The lowest BCUT2D eigenvalue weighted by Gasteiger charge is -2.12. The Bertz CT molecular complexity index is 835. The van der Waals surface area contributed by atoms with E-state index >= 15 is 0 Å². The van der Waals surface area contributed by atoms with Gasteiger partial charge in [-0.15, -0.1) is 0 Å². The summed E-state index contributed by atoms with van der Waals surface area (Å²) in [5, 5.41) is 17.7. The third-order valence-electron chi connectivity index (χ3n) is 4.20. The van der Waals surface area contributed by atoms with Crippen molar-refractivity contribution in [1.82, 2.24) is 4.90 Å². The van der Waals surface area contributed by atoms with Crippen molar-refractivity contribution in [3.63, 3.8) is 0 Å². The molecule has 31 heavy (non-hydrogen) atoms. The lowest BCUT2D eigenvalue weighted by atomic mass is 10.2. The van der Waals surface area contributed by atoms with Crippen molar-refractivity contribution >= 4 is 23.5 Å². The normalized spacial score (nSPS) is 12.9. The number of amides is 1. The van der Waals surface area contributed by atoms with Crippen molar-refractivity contribution in [2.75, 3.05) is 13.1 Å². The van der Waals surface area contributed by atoms with Crippen LogP contribution in [0.2, 0.25) is 5.02 Å². The fourth-order valence-electron chi connectivity index (χ4n) is 2.65. The Morgan fingerprint density at radius 2 is 1.65 bits per heavy atom. The van der Waals surface area contributed by atoms with Gasteiger partial charge in [-0.25, -0.2) is 0 Å². The van der Waals surface area contributed by atoms with Crippen LogP contribution in [-0.2, 0) is 22.2 Å². The van der Waals surface area contributed by atoms with Gasteiger partial charge in [0.05, 0.1) is 12.0 Å². The molecule has 0 aromatic heterocycles. The second-order valence-corrected chi connectivity index (χ2v) is 7.12. The summed E-state index contributed by atoms with van der Waals surface area (Å²) in [7, 11) is 0. The molecule has 1 aliphatic heterocycles. The third kappa shape index (κ3) is 10.7. The van der Waals surface area contributed by atoms with E-state index in [1.807, 2.05) is 11.8 Å². The predicted molar refractivity (Wildman–Crippen MR) is 112 cm³/mol. The number of likely N-dealkylation sites (tertiary alicyclic amines) is 1. The van der Waals surface area contributed by atoms with Crippen LogP contribution in [0.4, 0.5) is 13.2 Å². The topological polar surface area (TPSA) is 77.8 Å². The van der Waals surface area contributed by atoms with Crippen LogP contribution in [-0.4, -0.2) is 40.1 Å². The molecule has 0 unspecified atom stereocenters. The van der Waals surface area contributed by atoms with Crippen LogP contribution in [0.15, 0.2) is 48.5 Å². The zero-order valence-electron chi connectivity index (χ0n) is 17.0. The number of benzene rings is 2. The van der Waals surface area contributed by atoms with E-state index in [4.69, 9.17) is 21.8 Å². The smallest absolute Gasteiger partial charge is 0.416 e. The minimum absolute atomic E-state index is 0.0527. The van der Waals surface area contributed by atoms with Crippen LogP contribution < -0.4 is 0 Å². The quantitative estimate of drug-likeness (QED) is 0.644. The molecule has 9 heteroatoms. The molecular formula is C22H25ClF3NO4. The molecule has 0 aliphatic carbocycles. The van der Waals surface area contributed by atoms with E-state index in [0.717, 1.165) is 30.8 Å². The first-order valence-electron chi connectivity index (χ1n) is 9.63. The lowest BCUT2D eigenvalue weighted by Crippen LogP contribution is -2.26. The van der Waals surface area contributed by atoms with E-state index in [2.05, 4.69) is 0 Å². The first-order valence-corrected chi connectivity index (χ1v) is 10.0. The molecule has 0 saturated carbocycles.